The molecule has 0 saturated carbocycles. The molecular formula is C16H14BrIO2. The Balaban J connectivity index is 2.51. The number of carbonyl (C=O) groups is 1. The molecule has 0 saturated heterocycles. The number of benzene rings is 2. The van der Waals surface area contributed by atoms with Crippen molar-refractivity contribution in [2.24, 2.45) is 0 Å². The van der Waals surface area contributed by atoms with Crippen LogP contribution in [-0.4, -0.2) is 12.9 Å². The SMILES string of the molecule is COc1c(C)cc(C(=O)c2cc(I)ccc2Br)cc1C. The van der Waals surface area contributed by atoms with E-state index in [0.717, 1.165) is 24.9 Å². The smallest absolute Gasteiger partial charge is 0.194 e. The van der Waals surface area contributed by atoms with Gasteiger partial charge >= 0.3 is 0 Å². The molecule has 104 valence electrons. The minimum Gasteiger partial charge on any atom is -0.496 e. The number of hydrogen-bond acceptors (Lipinski definition) is 2. The van der Waals surface area contributed by atoms with E-state index in [1.54, 1.807) is 7.11 Å². The predicted octanol–water partition coefficient (Wildman–Crippen LogP) is 4.91. The van der Waals surface area contributed by atoms with Gasteiger partial charge in [0.25, 0.3) is 0 Å². The lowest BCUT2D eigenvalue weighted by Gasteiger charge is -2.11. The minimum atomic E-state index is 0.0178. The molecule has 0 heterocycles. The topological polar surface area (TPSA) is 26.3 Å². The highest BCUT2D eigenvalue weighted by molar-refractivity contribution is 14.1. The van der Waals surface area contributed by atoms with Crippen molar-refractivity contribution in [3.63, 3.8) is 0 Å². The van der Waals surface area contributed by atoms with Crippen molar-refractivity contribution >= 4 is 44.3 Å². The van der Waals surface area contributed by atoms with E-state index >= 15 is 0 Å². The van der Waals surface area contributed by atoms with Crippen molar-refractivity contribution in [3.05, 3.63) is 60.6 Å². The van der Waals surface area contributed by atoms with Crippen LogP contribution < -0.4 is 4.74 Å². The first-order valence-corrected chi connectivity index (χ1v) is 7.96. The summed E-state index contributed by atoms with van der Waals surface area (Å²) < 4.78 is 7.19. The third kappa shape index (κ3) is 3.06. The molecule has 0 aliphatic heterocycles. The Hall–Kier alpha value is -0.880. The van der Waals surface area contributed by atoms with E-state index in [9.17, 15) is 4.79 Å². The zero-order valence-electron chi connectivity index (χ0n) is 11.5. The van der Waals surface area contributed by atoms with Crippen LogP contribution in [0.1, 0.15) is 27.0 Å². The molecule has 2 aromatic carbocycles. The highest BCUT2D eigenvalue weighted by Crippen LogP contribution is 2.28. The predicted molar refractivity (Wildman–Crippen MR) is 92.8 cm³/mol. The van der Waals surface area contributed by atoms with Gasteiger partial charge in [-0.25, -0.2) is 0 Å². The summed E-state index contributed by atoms with van der Waals surface area (Å²) in [5.74, 6) is 0.854. The fourth-order valence-corrected chi connectivity index (χ4v) is 3.15. The van der Waals surface area contributed by atoms with Crippen molar-refractivity contribution in [2.45, 2.75) is 13.8 Å². The van der Waals surface area contributed by atoms with Crippen molar-refractivity contribution in [1.82, 2.24) is 0 Å². The number of rotatable bonds is 3. The van der Waals surface area contributed by atoms with Crippen LogP contribution in [0.15, 0.2) is 34.8 Å². The summed E-state index contributed by atoms with van der Waals surface area (Å²) >= 11 is 5.65. The fourth-order valence-electron chi connectivity index (χ4n) is 2.23. The molecule has 2 aromatic rings. The molecule has 0 radical (unpaired) electrons. The Kier molecular flexibility index (Phi) is 4.86. The van der Waals surface area contributed by atoms with Gasteiger partial charge in [-0.15, -0.1) is 0 Å². The highest BCUT2D eigenvalue weighted by atomic mass is 127. The van der Waals surface area contributed by atoms with E-state index in [-0.39, 0.29) is 5.78 Å². The Morgan fingerprint density at radius 2 is 1.75 bits per heavy atom. The Morgan fingerprint density at radius 1 is 1.15 bits per heavy atom. The van der Waals surface area contributed by atoms with Gasteiger partial charge in [0.05, 0.1) is 7.11 Å². The maximum atomic E-state index is 12.6. The summed E-state index contributed by atoms with van der Waals surface area (Å²) in [4.78, 5) is 12.6. The van der Waals surface area contributed by atoms with Crippen molar-refractivity contribution in [3.8, 4) is 5.75 Å². The molecule has 0 atom stereocenters. The first-order valence-electron chi connectivity index (χ1n) is 6.09. The summed E-state index contributed by atoms with van der Waals surface area (Å²) in [6.45, 7) is 3.90. The second kappa shape index (κ2) is 6.26. The van der Waals surface area contributed by atoms with Gasteiger partial charge in [-0.2, -0.15) is 0 Å². The van der Waals surface area contributed by atoms with E-state index in [1.165, 1.54) is 0 Å². The standard InChI is InChI=1S/C16H14BrIO2/c1-9-6-11(7-10(2)16(9)20-3)15(19)13-8-12(18)4-5-14(13)17/h4-8H,1-3H3. The van der Waals surface area contributed by atoms with E-state index in [0.29, 0.717) is 11.1 Å². The van der Waals surface area contributed by atoms with Gasteiger partial charge in [0.2, 0.25) is 0 Å². The van der Waals surface area contributed by atoms with Crippen LogP contribution in [0.4, 0.5) is 0 Å². The number of ketones is 1. The number of halogens is 2. The normalized spacial score (nSPS) is 10.4. The zero-order valence-corrected chi connectivity index (χ0v) is 15.2. The molecule has 0 bridgehead atoms. The summed E-state index contributed by atoms with van der Waals surface area (Å²) in [5, 5.41) is 0. The second-order valence-electron chi connectivity index (χ2n) is 4.60. The average Bonchev–Trinajstić information content (AvgIpc) is 2.40. The van der Waals surface area contributed by atoms with Crippen LogP contribution in [0, 0.1) is 17.4 Å². The van der Waals surface area contributed by atoms with Gasteiger partial charge in [-0.1, -0.05) is 15.9 Å². The van der Waals surface area contributed by atoms with Gasteiger partial charge in [0, 0.05) is 19.2 Å². The molecule has 4 heteroatoms. The molecule has 0 unspecified atom stereocenters. The highest BCUT2D eigenvalue weighted by Gasteiger charge is 2.15. The Bertz CT molecular complexity index is 657. The third-order valence-corrected chi connectivity index (χ3v) is 4.46. The van der Waals surface area contributed by atoms with Crippen LogP contribution in [0.2, 0.25) is 0 Å². The van der Waals surface area contributed by atoms with Crippen molar-refractivity contribution in [2.75, 3.05) is 7.11 Å². The molecule has 0 fully saturated rings. The first-order chi connectivity index (χ1) is 9.43. The van der Waals surface area contributed by atoms with Crippen molar-refractivity contribution in [1.29, 1.82) is 0 Å². The van der Waals surface area contributed by atoms with Gasteiger partial charge in [0.1, 0.15) is 5.75 Å². The van der Waals surface area contributed by atoms with E-state index in [4.69, 9.17) is 4.74 Å². The zero-order chi connectivity index (χ0) is 14.9. The van der Waals surface area contributed by atoms with Gasteiger partial charge in [0.15, 0.2) is 5.78 Å². The van der Waals surface area contributed by atoms with Crippen LogP contribution >= 0.6 is 38.5 Å². The van der Waals surface area contributed by atoms with Gasteiger partial charge in [-0.3, -0.25) is 4.79 Å². The molecule has 20 heavy (non-hydrogen) atoms. The van der Waals surface area contributed by atoms with Crippen molar-refractivity contribution < 1.29 is 9.53 Å². The molecule has 0 amide bonds. The van der Waals surface area contributed by atoms with Crippen LogP contribution in [0.3, 0.4) is 0 Å². The first kappa shape index (κ1) is 15.5. The lowest BCUT2D eigenvalue weighted by Crippen LogP contribution is -2.05. The molecular weight excluding hydrogens is 431 g/mol. The molecule has 0 aromatic heterocycles. The Labute approximate surface area is 140 Å². The van der Waals surface area contributed by atoms with Crippen LogP contribution in [0.25, 0.3) is 0 Å². The average molecular weight is 445 g/mol. The molecule has 2 nitrogen and oxygen atoms in total. The number of ether oxygens (including phenoxy) is 1. The van der Waals surface area contributed by atoms with Gasteiger partial charge in [-0.05, 0) is 77.9 Å². The molecule has 2 rings (SSSR count). The minimum absolute atomic E-state index is 0.0178. The van der Waals surface area contributed by atoms with Crippen LogP contribution in [0.5, 0.6) is 5.75 Å². The van der Waals surface area contributed by atoms with Crippen LogP contribution in [-0.2, 0) is 0 Å². The number of methoxy groups -OCH3 is 1. The van der Waals surface area contributed by atoms with E-state index < -0.39 is 0 Å². The maximum absolute atomic E-state index is 12.6. The summed E-state index contributed by atoms with van der Waals surface area (Å²) in [5.41, 5.74) is 3.31. The maximum Gasteiger partial charge on any atom is 0.194 e. The molecule has 0 aliphatic carbocycles. The number of carbonyl (C=O) groups excluding carboxylic acids is 1. The lowest BCUT2D eigenvalue weighted by molar-refractivity contribution is 0.103. The van der Waals surface area contributed by atoms with E-state index in [2.05, 4.69) is 38.5 Å². The monoisotopic (exact) mass is 444 g/mol. The Morgan fingerprint density at radius 3 is 2.30 bits per heavy atom. The molecule has 0 N–H and O–H groups in total. The summed E-state index contributed by atoms with van der Waals surface area (Å²) in [7, 11) is 1.65. The van der Waals surface area contributed by atoms with E-state index in [1.807, 2.05) is 44.2 Å². The largest absolute Gasteiger partial charge is 0.496 e. The third-order valence-electron chi connectivity index (χ3n) is 3.10. The quantitative estimate of drug-likeness (QED) is 0.496. The summed E-state index contributed by atoms with van der Waals surface area (Å²) in [6.07, 6.45) is 0. The summed E-state index contributed by atoms with van der Waals surface area (Å²) in [6, 6.07) is 9.51. The fraction of sp³-hybridized carbons (Fsp3) is 0.188. The molecule has 0 aliphatic rings. The number of aryl methyl sites for hydroxylation is 2. The second-order valence-corrected chi connectivity index (χ2v) is 6.70. The lowest BCUT2D eigenvalue weighted by atomic mass is 9.98. The number of hydrogen-bond donors (Lipinski definition) is 0. The van der Waals surface area contributed by atoms with Gasteiger partial charge < -0.3 is 4.74 Å². The molecule has 0 spiro atoms.